The standard InChI is InChI=1S/C14H19N3O2S/c1-3-19-14(18)12-9-16-17(2)13(12)10-15-7-6-11-5-4-8-20-11/h4-5,8-9,15H,3,6-7,10H2,1-2H3. The highest BCUT2D eigenvalue weighted by atomic mass is 32.1. The minimum absolute atomic E-state index is 0.310. The number of ether oxygens (including phenoxy) is 1. The van der Waals surface area contributed by atoms with Gasteiger partial charge in [0.1, 0.15) is 5.56 Å². The van der Waals surface area contributed by atoms with E-state index < -0.39 is 0 Å². The minimum atomic E-state index is -0.310. The van der Waals surface area contributed by atoms with Gasteiger partial charge >= 0.3 is 5.97 Å². The van der Waals surface area contributed by atoms with Crippen molar-refractivity contribution in [3.8, 4) is 0 Å². The lowest BCUT2D eigenvalue weighted by Gasteiger charge is -2.07. The average molecular weight is 293 g/mol. The topological polar surface area (TPSA) is 56.1 Å². The van der Waals surface area contributed by atoms with Gasteiger partial charge in [-0.25, -0.2) is 4.79 Å². The molecule has 0 atom stereocenters. The summed E-state index contributed by atoms with van der Waals surface area (Å²) in [5, 5.41) is 9.55. The summed E-state index contributed by atoms with van der Waals surface area (Å²) in [6.45, 7) is 3.65. The van der Waals surface area contributed by atoms with E-state index in [2.05, 4.69) is 27.9 Å². The molecule has 2 rings (SSSR count). The van der Waals surface area contributed by atoms with Gasteiger partial charge in [0, 0.05) is 25.0 Å². The van der Waals surface area contributed by atoms with Crippen LogP contribution in [-0.2, 0) is 24.8 Å². The zero-order chi connectivity index (χ0) is 14.4. The fourth-order valence-corrected chi connectivity index (χ4v) is 2.63. The van der Waals surface area contributed by atoms with E-state index in [1.807, 2.05) is 7.05 Å². The number of carbonyl (C=O) groups excluding carboxylic acids is 1. The second-order valence-corrected chi connectivity index (χ2v) is 5.39. The van der Waals surface area contributed by atoms with Crippen molar-refractivity contribution < 1.29 is 9.53 Å². The molecule has 1 N–H and O–H groups in total. The monoisotopic (exact) mass is 293 g/mol. The SMILES string of the molecule is CCOC(=O)c1cnn(C)c1CNCCc1cccs1. The van der Waals surface area contributed by atoms with Crippen LogP contribution in [0.4, 0.5) is 0 Å². The molecule has 0 unspecified atom stereocenters. The average Bonchev–Trinajstić information content (AvgIpc) is 3.05. The molecule has 6 heteroatoms. The third-order valence-corrected chi connectivity index (χ3v) is 3.91. The van der Waals surface area contributed by atoms with Gasteiger partial charge in [0.05, 0.1) is 18.5 Å². The van der Waals surface area contributed by atoms with Crippen LogP contribution in [0.5, 0.6) is 0 Å². The van der Waals surface area contributed by atoms with Crippen molar-refractivity contribution in [1.29, 1.82) is 0 Å². The molecule has 0 radical (unpaired) electrons. The maximum atomic E-state index is 11.8. The Morgan fingerprint density at radius 2 is 2.40 bits per heavy atom. The second-order valence-electron chi connectivity index (χ2n) is 4.36. The molecule has 0 amide bonds. The van der Waals surface area contributed by atoms with Crippen molar-refractivity contribution >= 4 is 17.3 Å². The predicted octanol–water partition coefficient (Wildman–Crippen LogP) is 1.99. The molecule has 0 bridgehead atoms. The Labute approximate surface area is 122 Å². The summed E-state index contributed by atoms with van der Waals surface area (Å²) in [6.07, 6.45) is 2.55. The molecule has 0 saturated carbocycles. The first-order valence-corrected chi connectivity index (χ1v) is 7.51. The summed E-state index contributed by atoms with van der Waals surface area (Å²) in [7, 11) is 1.83. The van der Waals surface area contributed by atoms with Gasteiger partial charge in [-0.1, -0.05) is 6.07 Å². The Morgan fingerprint density at radius 3 is 3.10 bits per heavy atom. The lowest BCUT2D eigenvalue weighted by molar-refractivity contribution is 0.0524. The molecule has 0 aliphatic heterocycles. The highest BCUT2D eigenvalue weighted by Gasteiger charge is 2.16. The van der Waals surface area contributed by atoms with Crippen molar-refractivity contribution in [2.45, 2.75) is 19.9 Å². The van der Waals surface area contributed by atoms with E-state index in [1.54, 1.807) is 29.1 Å². The Bertz CT molecular complexity index is 549. The van der Waals surface area contributed by atoms with Crippen molar-refractivity contribution in [2.75, 3.05) is 13.2 Å². The van der Waals surface area contributed by atoms with Gasteiger partial charge in [-0.3, -0.25) is 4.68 Å². The Morgan fingerprint density at radius 1 is 1.55 bits per heavy atom. The van der Waals surface area contributed by atoms with Gasteiger partial charge in [0.15, 0.2) is 0 Å². The number of rotatable bonds is 7. The lowest BCUT2D eigenvalue weighted by Crippen LogP contribution is -2.20. The van der Waals surface area contributed by atoms with Crippen LogP contribution < -0.4 is 5.32 Å². The molecular formula is C14H19N3O2S. The van der Waals surface area contributed by atoms with E-state index in [9.17, 15) is 4.79 Å². The van der Waals surface area contributed by atoms with E-state index in [4.69, 9.17) is 4.74 Å². The number of esters is 1. The third kappa shape index (κ3) is 3.68. The molecule has 0 spiro atoms. The highest BCUT2D eigenvalue weighted by Crippen LogP contribution is 2.10. The van der Waals surface area contributed by atoms with Crippen LogP contribution in [0.3, 0.4) is 0 Å². The lowest BCUT2D eigenvalue weighted by atomic mass is 10.2. The first-order valence-electron chi connectivity index (χ1n) is 6.63. The summed E-state index contributed by atoms with van der Waals surface area (Å²) in [5.74, 6) is -0.310. The normalized spacial score (nSPS) is 10.7. The second kappa shape index (κ2) is 7.21. The number of nitrogens with zero attached hydrogens (tertiary/aromatic N) is 2. The predicted molar refractivity (Wildman–Crippen MR) is 78.9 cm³/mol. The van der Waals surface area contributed by atoms with Crippen molar-refractivity contribution in [3.05, 3.63) is 39.8 Å². The number of hydrogen-bond acceptors (Lipinski definition) is 5. The molecule has 2 heterocycles. The zero-order valence-electron chi connectivity index (χ0n) is 11.8. The number of nitrogens with one attached hydrogen (secondary N) is 1. The summed E-state index contributed by atoms with van der Waals surface area (Å²) in [5.41, 5.74) is 1.40. The van der Waals surface area contributed by atoms with E-state index in [-0.39, 0.29) is 5.97 Å². The first kappa shape index (κ1) is 14.7. The van der Waals surface area contributed by atoms with Crippen LogP contribution in [0.1, 0.15) is 27.9 Å². The van der Waals surface area contributed by atoms with E-state index in [0.717, 1.165) is 18.7 Å². The Balaban J connectivity index is 1.88. The van der Waals surface area contributed by atoms with Crippen LogP contribution in [0.2, 0.25) is 0 Å². The summed E-state index contributed by atoms with van der Waals surface area (Å²) >= 11 is 1.76. The smallest absolute Gasteiger partial charge is 0.341 e. The van der Waals surface area contributed by atoms with E-state index in [0.29, 0.717) is 18.7 Å². The molecule has 5 nitrogen and oxygen atoms in total. The molecule has 2 aromatic rings. The van der Waals surface area contributed by atoms with Crippen LogP contribution in [0, 0.1) is 0 Å². The van der Waals surface area contributed by atoms with Gasteiger partial charge in [0.25, 0.3) is 0 Å². The quantitative estimate of drug-likeness (QED) is 0.626. The molecule has 0 aliphatic rings. The van der Waals surface area contributed by atoms with Crippen LogP contribution in [0.25, 0.3) is 0 Å². The molecule has 0 fully saturated rings. The van der Waals surface area contributed by atoms with Gasteiger partial charge in [-0.2, -0.15) is 5.10 Å². The molecule has 0 aromatic carbocycles. The van der Waals surface area contributed by atoms with Crippen molar-refractivity contribution in [1.82, 2.24) is 15.1 Å². The van der Waals surface area contributed by atoms with E-state index in [1.165, 1.54) is 4.88 Å². The summed E-state index contributed by atoms with van der Waals surface area (Å²) in [6, 6.07) is 4.18. The molecule has 0 saturated heterocycles. The number of hydrogen-bond donors (Lipinski definition) is 1. The molecule has 2 aromatic heterocycles. The Kier molecular flexibility index (Phi) is 5.31. The van der Waals surface area contributed by atoms with Gasteiger partial charge in [-0.05, 0) is 24.8 Å². The van der Waals surface area contributed by atoms with Crippen LogP contribution >= 0.6 is 11.3 Å². The molecule has 0 aliphatic carbocycles. The van der Waals surface area contributed by atoms with Crippen molar-refractivity contribution in [3.63, 3.8) is 0 Å². The fourth-order valence-electron chi connectivity index (χ4n) is 1.93. The van der Waals surface area contributed by atoms with Gasteiger partial charge < -0.3 is 10.1 Å². The third-order valence-electron chi connectivity index (χ3n) is 2.98. The van der Waals surface area contributed by atoms with E-state index >= 15 is 0 Å². The molecular weight excluding hydrogens is 274 g/mol. The minimum Gasteiger partial charge on any atom is -0.462 e. The summed E-state index contributed by atoms with van der Waals surface area (Å²) in [4.78, 5) is 13.2. The van der Waals surface area contributed by atoms with Gasteiger partial charge in [0.2, 0.25) is 0 Å². The number of carbonyl (C=O) groups is 1. The number of aryl methyl sites for hydroxylation is 1. The maximum absolute atomic E-state index is 11.8. The summed E-state index contributed by atoms with van der Waals surface area (Å²) < 4.78 is 6.74. The number of aromatic nitrogens is 2. The Hall–Kier alpha value is -1.66. The highest BCUT2D eigenvalue weighted by molar-refractivity contribution is 7.09. The molecule has 20 heavy (non-hydrogen) atoms. The van der Waals surface area contributed by atoms with Crippen LogP contribution in [0.15, 0.2) is 23.7 Å². The fraction of sp³-hybridized carbons (Fsp3) is 0.429. The molecule has 108 valence electrons. The number of thiophene rings is 1. The van der Waals surface area contributed by atoms with Crippen molar-refractivity contribution in [2.24, 2.45) is 7.05 Å². The zero-order valence-corrected chi connectivity index (χ0v) is 12.6. The first-order chi connectivity index (χ1) is 9.72. The largest absolute Gasteiger partial charge is 0.462 e. The van der Waals surface area contributed by atoms with Crippen LogP contribution in [-0.4, -0.2) is 28.9 Å². The van der Waals surface area contributed by atoms with Gasteiger partial charge in [-0.15, -0.1) is 11.3 Å². The maximum Gasteiger partial charge on any atom is 0.341 e.